The van der Waals surface area contributed by atoms with Crippen LogP contribution in [0.15, 0.2) is 36.4 Å². The maximum absolute atomic E-state index is 11.9. The van der Waals surface area contributed by atoms with Crippen LogP contribution in [0, 0.1) is 20.8 Å². The third-order valence-corrected chi connectivity index (χ3v) is 8.49. The van der Waals surface area contributed by atoms with E-state index in [0.717, 1.165) is 59.1 Å². The van der Waals surface area contributed by atoms with Crippen molar-refractivity contribution in [1.29, 1.82) is 0 Å². The Labute approximate surface area is 232 Å². The van der Waals surface area contributed by atoms with Gasteiger partial charge in [-0.05, 0) is 68.9 Å². The average molecular weight is 528 g/mol. The number of amides is 1. The van der Waals surface area contributed by atoms with Gasteiger partial charge in [0.15, 0.2) is 5.82 Å². The SMILES string of the molecule is Cc1ccc(C(C)C)cc1N1CCc2nc(-c3c(C)cccc3C)nc(N3C[C@@H](C)N(C(=O)O)C[C@@H]3C)c2C1. The molecule has 39 heavy (non-hydrogen) atoms. The van der Waals surface area contributed by atoms with Crippen molar-refractivity contribution in [2.75, 3.05) is 29.4 Å². The number of carboxylic acid groups (broad SMARTS) is 1. The molecule has 3 heterocycles. The smallest absolute Gasteiger partial charge is 0.407 e. The summed E-state index contributed by atoms with van der Waals surface area (Å²) in [6.07, 6.45) is -0.0192. The van der Waals surface area contributed by atoms with Crippen LogP contribution in [0.3, 0.4) is 0 Å². The van der Waals surface area contributed by atoms with Gasteiger partial charge in [-0.2, -0.15) is 0 Å². The van der Waals surface area contributed by atoms with Crippen LogP contribution >= 0.6 is 0 Å². The Kier molecular flexibility index (Phi) is 7.27. The van der Waals surface area contributed by atoms with Gasteiger partial charge < -0.3 is 19.8 Å². The van der Waals surface area contributed by atoms with Gasteiger partial charge in [0.2, 0.25) is 0 Å². The van der Waals surface area contributed by atoms with E-state index in [1.54, 1.807) is 4.90 Å². The van der Waals surface area contributed by atoms with Gasteiger partial charge >= 0.3 is 6.09 Å². The van der Waals surface area contributed by atoms with E-state index in [4.69, 9.17) is 9.97 Å². The van der Waals surface area contributed by atoms with Gasteiger partial charge in [-0.3, -0.25) is 0 Å². The molecule has 0 radical (unpaired) electrons. The Balaban J connectivity index is 1.62. The monoisotopic (exact) mass is 527 g/mol. The Morgan fingerprint density at radius 1 is 0.974 bits per heavy atom. The number of aromatic nitrogens is 2. The van der Waals surface area contributed by atoms with Gasteiger partial charge in [0.25, 0.3) is 0 Å². The lowest BCUT2D eigenvalue weighted by atomic mass is 9.97. The molecule has 0 spiro atoms. The fourth-order valence-corrected chi connectivity index (χ4v) is 6.13. The van der Waals surface area contributed by atoms with Crippen LogP contribution in [0.25, 0.3) is 11.4 Å². The molecule has 0 bridgehead atoms. The second kappa shape index (κ2) is 10.5. The number of benzene rings is 2. The van der Waals surface area contributed by atoms with Gasteiger partial charge in [0, 0.05) is 61.5 Å². The first-order valence-electron chi connectivity index (χ1n) is 14.1. The van der Waals surface area contributed by atoms with Crippen molar-refractivity contribution < 1.29 is 9.90 Å². The predicted molar refractivity (Wildman–Crippen MR) is 158 cm³/mol. The Morgan fingerprint density at radius 3 is 2.36 bits per heavy atom. The van der Waals surface area contributed by atoms with Crippen LogP contribution in [-0.2, 0) is 13.0 Å². The van der Waals surface area contributed by atoms with Crippen LogP contribution in [0.1, 0.15) is 67.1 Å². The molecule has 2 aromatic carbocycles. The number of rotatable bonds is 4. The topological polar surface area (TPSA) is 72.8 Å². The fraction of sp³-hybridized carbons (Fsp3) is 0.469. The van der Waals surface area contributed by atoms with Crippen molar-refractivity contribution >= 4 is 17.6 Å². The lowest BCUT2D eigenvalue weighted by Crippen LogP contribution is -2.58. The zero-order valence-electron chi connectivity index (χ0n) is 24.3. The molecule has 0 aliphatic carbocycles. The predicted octanol–water partition coefficient (Wildman–Crippen LogP) is 6.33. The number of aryl methyl sites for hydroxylation is 3. The van der Waals surface area contributed by atoms with Crippen molar-refractivity contribution in [3.63, 3.8) is 0 Å². The molecule has 1 saturated heterocycles. The molecule has 7 nitrogen and oxygen atoms in total. The molecule has 0 saturated carbocycles. The molecular weight excluding hydrogens is 486 g/mol. The lowest BCUT2D eigenvalue weighted by molar-refractivity contribution is 0.114. The van der Waals surface area contributed by atoms with E-state index < -0.39 is 6.09 Å². The van der Waals surface area contributed by atoms with Gasteiger partial charge in [0.05, 0.1) is 5.69 Å². The van der Waals surface area contributed by atoms with Crippen molar-refractivity contribution in [2.24, 2.45) is 0 Å². The van der Waals surface area contributed by atoms with E-state index in [1.165, 1.54) is 16.8 Å². The molecule has 7 heteroatoms. The number of nitrogens with zero attached hydrogens (tertiary/aromatic N) is 5. The number of fused-ring (bicyclic) bond motifs is 1. The van der Waals surface area contributed by atoms with Crippen molar-refractivity contribution in [3.05, 3.63) is 69.9 Å². The van der Waals surface area contributed by atoms with E-state index in [0.29, 0.717) is 19.0 Å². The van der Waals surface area contributed by atoms with Crippen LogP contribution in [0.4, 0.5) is 16.3 Å². The molecule has 2 aliphatic rings. The molecule has 1 fully saturated rings. The quantitative estimate of drug-likeness (QED) is 0.427. The molecule has 5 rings (SSSR count). The normalized spacial score (nSPS) is 19.4. The number of anilines is 2. The highest BCUT2D eigenvalue weighted by molar-refractivity contribution is 5.70. The highest BCUT2D eigenvalue weighted by Crippen LogP contribution is 2.36. The number of piperazine rings is 1. The summed E-state index contributed by atoms with van der Waals surface area (Å²) in [6, 6.07) is 13.0. The summed E-state index contributed by atoms with van der Waals surface area (Å²) in [5.74, 6) is 2.18. The molecular formula is C32H41N5O2. The van der Waals surface area contributed by atoms with Crippen LogP contribution in [0.5, 0.6) is 0 Å². The molecule has 206 valence electrons. The number of hydrogen-bond acceptors (Lipinski definition) is 5. The lowest BCUT2D eigenvalue weighted by Gasteiger charge is -2.45. The van der Waals surface area contributed by atoms with Gasteiger partial charge in [0.1, 0.15) is 5.82 Å². The van der Waals surface area contributed by atoms with Crippen molar-refractivity contribution in [3.8, 4) is 11.4 Å². The summed E-state index contributed by atoms with van der Waals surface area (Å²) in [5, 5.41) is 9.75. The Morgan fingerprint density at radius 2 is 1.69 bits per heavy atom. The second-order valence-electron chi connectivity index (χ2n) is 11.7. The number of hydrogen-bond donors (Lipinski definition) is 1. The van der Waals surface area contributed by atoms with E-state index in [9.17, 15) is 9.90 Å². The largest absolute Gasteiger partial charge is 0.465 e. The van der Waals surface area contributed by atoms with Crippen LogP contribution < -0.4 is 9.80 Å². The van der Waals surface area contributed by atoms with Crippen LogP contribution in [0.2, 0.25) is 0 Å². The van der Waals surface area contributed by atoms with Crippen molar-refractivity contribution in [1.82, 2.24) is 14.9 Å². The fourth-order valence-electron chi connectivity index (χ4n) is 6.13. The summed E-state index contributed by atoms with van der Waals surface area (Å²) >= 11 is 0. The standard InChI is InChI=1S/C32H41N5O2/c1-19(2)25-12-11-20(3)28(15-25)35-14-13-27-26(18-35)31(36-16-24(7)37(32(38)39)17-23(36)6)34-30(33-27)29-21(4)9-8-10-22(29)5/h8-12,15,19,23-24H,13-14,16-18H2,1-7H3,(H,38,39)/t23-,24+/m0/s1. The Hall–Kier alpha value is -3.61. The van der Waals surface area contributed by atoms with Crippen LogP contribution in [-0.4, -0.2) is 57.8 Å². The zero-order chi connectivity index (χ0) is 28.0. The number of carbonyl (C=O) groups is 1. The maximum atomic E-state index is 11.9. The minimum absolute atomic E-state index is 0.00324. The molecule has 3 aromatic rings. The van der Waals surface area contributed by atoms with E-state index in [-0.39, 0.29) is 12.1 Å². The summed E-state index contributed by atoms with van der Waals surface area (Å²) < 4.78 is 0. The van der Waals surface area contributed by atoms with E-state index in [1.807, 2.05) is 6.92 Å². The maximum Gasteiger partial charge on any atom is 0.407 e. The summed E-state index contributed by atoms with van der Waals surface area (Å²) in [6.45, 7) is 17.7. The van der Waals surface area contributed by atoms with E-state index in [2.05, 4.69) is 87.7 Å². The third kappa shape index (κ3) is 5.07. The molecule has 1 N–H and O–H groups in total. The molecule has 1 aromatic heterocycles. The van der Waals surface area contributed by atoms with Gasteiger partial charge in [-0.1, -0.05) is 44.2 Å². The highest BCUT2D eigenvalue weighted by atomic mass is 16.4. The summed E-state index contributed by atoms with van der Waals surface area (Å²) in [7, 11) is 0. The summed E-state index contributed by atoms with van der Waals surface area (Å²) in [4.78, 5) is 28.7. The van der Waals surface area contributed by atoms with Gasteiger partial charge in [-0.15, -0.1) is 0 Å². The van der Waals surface area contributed by atoms with Gasteiger partial charge in [-0.25, -0.2) is 14.8 Å². The molecule has 1 amide bonds. The zero-order valence-corrected chi connectivity index (χ0v) is 24.3. The first kappa shape index (κ1) is 27.0. The average Bonchev–Trinajstić information content (AvgIpc) is 2.89. The summed E-state index contributed by atoms with van der Waals surface area (Å²) in [5.41, 5.74) is 9.57. The third-order valence-electron chi connectivity index (χ3n) is 8.49. The minimum Gasteiger partial charge on any atom is -0.465 e. The minimum atomic E-state index is -0.860. The molecule has 2 atom stereocenters. The molecule has 0 unspecified atom stereocenters. The first-order valence-corrected chi connectivity index (χ1v) is 14.1. The van der Waals surface area contributed by atoms with Crippen molar-refractivity contribution in [2.45, 2.75) is 79.4 Å². The first-order chi connectivity index (χ1) is 18.5. The Bertz CT molecular complexity index is 1380. The molecule has 2 aliphatic heterocycles. The van der Waals surface area contributed by atoms with E-state index >= 15 is 0 Å². The highest BCUT2D eigenvalue weighted by Gasteiger charge is 2.36. The second-order valence-corrected chi connectivity index (χ2v) is 11.7.